The average molecular weight is 436 g/mol. The first-order valence-electron chi connectivity index (χ1n) is 10.8. The van der Waals surface area contributed by atoms with Crippen molar-refractivity contribution in [1.29, 1.82) is 5.26 Å². The monoisotopic (exact) mass is 435 g/mol. The molecule has 32 heavy (non-hydrogen) atoms. The standard InChI is InChI=1S/C24H29N5O3/c1-32-15-5-12-26-23(30)21-16-20(10-11-22(21)29-13-3-2-4-14-29)28-24(31)27-19-8-6-18(17-25)7-9-19/h6-11,16H,2-5,12-15H2,1H3,(H,26,30)(H2,27,28,31). The van der Waals surface area contributed by atoms with Gasteiger partial charge in [0.15, 0.2) is 0 Å². The van der Waals surface area contributed by atoms with Crippen molar-refractivity contribution in [2.45, 2.75) is 25.7 Å². The van der Waals surface area contributed by atoms with E-state index in [1.54, 1.807) is 37.4 Å². The zero-order valence-corrected chi connectivity index (χ0v) is 18.3. The number of piperidine rings is 1. The van der Waals surface area contributed by atoms with Crippen molar-refractivity contribution in [2.75, 3.05) is 48.9 Å². The van der Waals surface area contributed by atoms with Crippen molar-refractivity contribution >= 4 is 29.0 Å². The van der Waals surface area contributed by atoms with Gasteiger partial charge in [-0.3, -0.25) is 4.79 Å². The zero-order valence-electron chi connectivity index (χ0n) is 18.3. The summed E-state index contributed by atoms with van der Waals surface area (Å²) in [7, 11) is 1.63. The second-order valence-electron chi connectivity index (χ2n) is 7.65. The van der Waals surface area contributed by atoms with Gasteiger partial charge in [0.05, 0.1) is 17.2 Å². The molecule has 0 aliphatic carbocycles. The topological polar surface area (TPSA) is 106 Å². The third-order valence-electron chi connectivity index (χ3n) is 5.28. The van der Waals surface area contributed by atoms with Crippen molar-refractivity contribution in [3.63, 3.8) is 0 Å². The van der Waals surface area contributed by atoms with E-state index in [-0.39, 0.29) is 5.91 Å². The molecule has 168 valence electrons. The van der Waals surface area contributed by atoms with Crippen molar-refractivity contribution in [1.82, 2.24) is 5.32 Å². The number of hydrogen-bond acceptors (Lipinski definition) is 5. The lowest BCUT2D eigenvalue weighted by atomic mass is 10.1. The number of nitriles is 1. The van der Waals surface area contributed by atoms with Gasteiger partial charge < -0.3 is 25.6 Å². The maximum atomic E-state index is 12.9. The summed E-state index contributed by atoms with van der Waals surface area (Å²) >= 11 is 0. The third-order valence-corrected chi connectivity index (χ3v) is 5.28. The molecule has 8 nitrogen and oxygen atoms in total. The van der Waals surface area contributed by atoms with E-state index >= 15 is 0 Å². The minimum absolute atomic E-state index is 0.169. The van der Waals surface area contributed by atoms with E-state index < -0.39 is 6.03 Å². The number of anilines is 3. The zero-order chi connectivity index (χ0) is 22.8. The maximum Gasteiger partial charge on any atom is 0.323 e. The van der Waals surface area contributed by atoms with E-state index in [0.717, 1.165) is 38.0 Å². The van der Waals surface area contributed by atoms with Crippen molar-refractivity contribution in [2.24, 2.45) is 0 Å². The molecule has 0 atom stereocenters. The number of methoxy groups -OCH3 is 1. The van der Waals surface area contributed by atoms with Crippen LogP contribution in [0.1, 0.15) is 41.6 Å². The minimum Gasteiger partial charge on any atom is -0.385 e. The number of urea groups is 1. The minimum atomic E-state index is -0.424. The lowest BCUT2D eigenvalue weighted by Gasteiger charge is -2.30. The van der Waals surface area contributed by atoms with Crippen LogP contribution in [-0.2, 0) is 4.74 Å². The molecule has 3 rings (SSSR count). The van der Waals surface area contributed by atoms with Gasteiger partial charge in [-0.2, -0.15) is 5.26 Å². The maximum absolute atomic E-state index is 12.9. The molecule has 3 N–H and O–H groups in total. The summed E-state index contributed by atoms with van der Waals surface area (Å²) < 4.78 is 5.04. The molecule has 1 aliphatic rings. The molecule has 0 unspecified atom stereocenters. The van der Waals surface area contributed by atoms with Crippen molar-refractivity contribution in [3.05, 3.63) is 53.6 Å². The smallest absolute Gasteiger partial charge is 0.323 e. The molecule has 1 heterocycles. The average Bonchev–Trinajstić information content (AvgIpc) is 2.82. The second-order valence-corrected chi connectivity index (χ2v) is 7.65. The Morgan fingerprint density at radius 3 is 2.41 bits per heavy atom. The van der Waals surface area contributed by atoms with Crippen LogP contribution in [0.15, 0.2) is 42.5 Å². The highest BCUT2D eigenvalue weighted by molar-refractivity contribution is 6.04. The Kier molecular flexibility index (Phi) is 8.46. The molecule has 1 fully saturated rings. The van der Waals surface area contributed by atoms with Crippen LogP contribution in [0.5, 0.6) is 0 Å². The number of rotatable bonds is 8. The molecular formula is C24H29N5O3. The van der Waals surface area contributed by atoms with Gasteiger partial charge in [-0.25, -0.2) is 4.79 Å². The fourth-order valence-corrected chi connectivity index (χ4v) is 3.64. The highest BCUT2D eigenvalue weighted by Crippen LogP contribution is 2.27. The largest absolute Gasteiger partial charge is 0.385 e. The summed E-state index contributed by atoms with van der Waals surface area (Å²) in [4.78, 5) is 27.6. The number of amides is 3. The summed E-state index contributed by atoms with van der Waals surface area (Å²) in [6, 6.07) is 13.6. The summed E-state index contributed by atoms with van der Waals surface area (Å²) in [5.74, 6) is -0.169. The van der Waals surface area contributed by atoms with E-state index in [0.29, 0.717) is 35.7 Å². The lowest BCUT2D eigenvalue weighted by Crippen LogP contribution is -2.33. The van der Waals surface area contributed by atoms with E-state index in [1.165, 1.54) is 6.42 Å². The van der Waals surface area contributed by atoms with E-state index in [2.05, 4.69) is 20.9 Å². The predicted molar refractivity (Wildman–Crippen MR) is 125 cm³/mol. The molecular weight excluding hydrogens is 406 g/mol. The van der Waals surface area contributed by atoms with E-state index in [4.69, 9.17) is 10.00 Å². The molecule has 0 saturated carbocycles. The number of hydrogen-bond donors (Lipinski definition) is 3. The Balaban J connectivity index is 1.73. The van der Waals surface area contributed by atoms with Crippen LogP contribution in [0.2, 0.25) is 0 Å². The van der Waals surface area contributed by atoms with Crippen molar-refractivity contribution < 1.29 is 14.3 Å². The van der Waals surface area contributed by atoms with Gasteiger partial charge in [-0.05, 0) is 68.1 Å². The molecule has 1 saturated heterocycles. The van der Waals surface area contributed by atoms with Gasteiger partial charge in [0.2, 0.25) is 0 Å². The van der Waals surface area contributed by atoms with Crippen LogP contribution in [0.25, 0.3) is 0 Å². The van der Waals surface area contributed by atoms with Gasteiger partial charge in [0.1, 0.15) is 0 Å². The normalized spacial score (nSPS) is 13.2. The fourth-order valence-electron chi connectivity index (χ4n) is 3.64. The van der Waals surface area contributed by atoms with Crippen LogP contribution in [-0.4, -0.2) is 45.3 Å². The molecule has 0 aromatic heterocycles. The van der Waals surface area contributed by atoms with E-state index in [9.17, 15) is 9.59 Å². The van der Waals surface area contributed by atoms with Crippen LogP contribution in [0.3, 0.4) is 0 Å². The fraction of sp³-hybridized carbons (Fsp3) is 0.375. The molecule has 8 heteroatoms. The van der Waals surface area contributed by atoms with Crippen molar-refractivity contribution in [3.8, 4) is 6.07 Å². The summed E-state index contributed by atoms with van der Waals surface area (Å²) in [5.41, 5.74) is 3.04. The van der Waals surface area contributed by atoms with Gasteiger partial charge in [0, 0.05) is 50.4 Å². The number of nitrogens with zero attached hydrogens (tertiary/aromatic N) is 2. The van der Waals surface area contributed by atoms with Gasteiger partial charge in [0.25, 0.3) is 5.91 Å². The van der Waals surface area contributed by atoms with Gasteiger partial charge in [-0.15, -0.1) is 0 Å². The summed E-state index contributed by atoms with van der Waals surface area (Å²) in [6.07, 6.45) is 4.13. The third kappa shape index (κ3) is 6.46. The summed E-state index contributed by atoms with van der Waals surface area (Å²) in [5, 5.41) is 17.3. The van der Waals surface area contributed by atoms with Crippen LogP contribution in [0.4, 0.5) is 21.9 Å². The summed E-state index contributed by atoms with van der Waals surface area (Å²) in [6.45, 7) is 2.92. The number of benzene rings is 2. The molecule has 3 amide bonds. The Hall–Kier alpha value is -3.57. The number of ether oxygens (including phenoxy) is 1. The SMILES string of the molecule is COCCCNC(=O)c1cc(NC(=O)Nc2ccc(C#N)cc2)ccc1N1CCCCC1. The highest BCUT2D eigenvalue weighted by atomic mass is 16.5. The molecule has 0 radical (unpaired) electrons. The first-order valence-corrected chi connectivity index (χ1v) is 10.8. The van der Waals surface area contributed by atoms with Crippen LogP contribution >= 0.6 is 0 Å². The number of nitrogens with one attached hydrogen (secondary N) is 3. The molecule has 1 aliphatic heterocycles. The highest BCUT2D eigenvalue weighted by Gasteiger charge is 2.19. The Morgan fingerprint density at radius 1 is 1.03 bits per heavy atom. The first kappa shape index (κ1) is 23.1. The Labute approximate surface area is 188 Å². The first-order chi connectivity index (χ1) is 15.6. The lowest BCUT2D eigenvalue weighted by molar-refractivity contribution is 0.0949. The Morgan fingerprint density at radius 2 is 1.72 bits per heavy atom. The van der Waals surface area contributed by atoms with Crippen LogP contribution < -0.4 is 20.9 Å². The van der Waals surface area contributed by atoms with E-state index in [1.807, 2.05) is 18.2 Å². The van der Waals surface area contributed by atoms with Gasteiger partial charge in [-0.1, -0.05) is 0 Å². The molecule has 0 spiro atoms. The second kappa shape index (κ2) is 11.7. The Bertz CT molecular complexity index is 963. The molecule has 2 aromatic rings. The molecule has 2 aromatic carbocycles. The number of carbonyl (C=O) groups excluding carboxylic acids is 2. The number of carbonyl (C=O) groups is 2. The van der Waals surface area contributed by atoms with Crippen LogP contribution in [0, 0.1) is 11.3 Å². The quantitative estimate of drug-likeness (QED) is 0.544. The van der Waals surface area contributed by atoms with Gasteiger partial charge >= 0.3 is 6.03 Å². The predicted octanol–water partition coefficient (Wildman–Crippen LogP) is 3.96. The molecule has 0 bridgehead atoms.